The van der Waals surface area contributed by atoms with Crippen LogP contribution in [0.25, 0.3) is 22.4 Å². The molecule has 90 valence electrons. The van der Waals surface area contributed by atoms with Crippen LogP contribution in [0.4, 0.5) is 0 Å². The average Bonchev–Trinajstić information content (AvgIpc) is 2.66. The van der Waals surface area contributed by atoms with Crippen molar-refractivity contribution in [2.24, 2.45) is 7.05 Å². The maximum Gasteiger partial charge on any atom is 0.140 e. The number of hydrogen-bond acceptors (Lipinski definition) is 2. The van der Waals surface area contributed by atoms with Crippen LogP contribution in [-0.2, 0) is 7.05 Å². The first-order valence-corrected chi connectivity index (χ1v) is 5.87. The summed E-state index contributed by atoms with van der Waals surface area (Å²) in [6.07, 6.45) is 0. The van der Waals surface area contributed by atoms with Gasteiger partial charge >= 0.3 is 0 Å². The number of phenolic OH excluding ortho intramolecular Hbond substituents is 1. The number of nitrogens with zero attached hydrogens (tertiary/aromatic N) is 2. The molecule has 3 aromatic rings. The molecule has 0 fully saturated rings. The topological polar surface area (TPSA) is 38.1 Å². The Kier molecular flexibility index (Phi) is 2.33. The number of fused-ring (bicyclic) bond motifs is 1. The molecule has 0 saturated heterocycles. The predicted molar refractivity (Wildman–Crippen MR) is 72.6 cm³/mol. The Morgan fingerprint density at radius 3 is 2.72 bits per heavy atom. The van der Waals surface area contributed by atoms with Crippen molar-refractivity contribution in [2.45, 2.75) is 6.92 Å². The summed E-state index contributed by atoms with van der Waals surface area (Å²) in [5.41, 5.74) is 4.13. The van der Waals surface area contributed by atoms with E-state index in [0.717, 1.165) is 22.4 Å². The molecule has 0 spiro atoms. The minimum absolute atomic E-state index is 0.247. The van der Waals surface area contributed by atoms with Gasteiger partial charge in [-0.25, -0.2) is 4.98 Å². The zero-order valence-electron chi connectivity index (χ0n) is 10.4. The monoisotopic (exact) mass is 238 g/mol. The number of phenols is 1. The van der Waals surface area contributed by atoms with E-state index in [0.29, 0.717) is 0 Å². The second-order valence-electron chi connectivity index (χ2n) is 4.54. The van der Waals surface area contributed by atoms with Crippen LogP contribution in [0, 0.1) is 6.92 Å². The van der Waals surface area contributed by atoms with Crippen molar-refractivity contribution in [1.29, 1.82) is 0 Å². The Labute approximate surface area is 105 Å². The highest BCUT2D eigenvalue weighted by Crippen LogP contribution is 2.26. The Bertz CT molecular complexity index is 728. The van der Waals surface area contributed by atoms with Crippen LogP contribution in [0.15, 0.2) is 42.5 Å². The van der Waals surface area contributed by atoms with Gasteiger partial charge in [0.15, 0.2) is 0 Å². The summed E-state index contributed by atoms with van der Waals surface area (Å²) in [7, 11) is 1.99. The number of aryl methyl sites for hydroxylation is 2. The molecule has 0 saturated carbocycles. The first-order chi connectivity index (χ1) is 8.65. The number of hydrogen-bond donors (Lipinski definition) is 1. The van der Waals surface area contributed by atoms with E-state index in [-0.39, 0.29) is 5.75 Å². The highest BCUT2D eigenvalue weighted by Gasteiger charge is 2.10. The number of aromatic hydroxyl groups is 1. The van der Waals surface area contributed by atoms with Crippen molar-refractivity contribution < 1.29 is 5.11 Å². The molecule has 0 aliphatic rings. The Morgan fingerprint density at radius 2 is 1.94 bits per heavy atom. The van der Waals surface area contributed by atoms with Gasteiger partial charge in [0, 0.05) is 18.7 Å². The van der Waals surface area contributed by atoms with Crippen molar-refractivity contribution >= 4 is 11.0 Å². The maximum absolute atomic E-state index is 9.50. The first kappa shape index (κ1) is 10.8. The van der Waals surface area contributed by atoms with Gasteiger partial charge in [0.25, 0.3) is 0 Å². The normalized spacial score (nSPS) is 11.0. The Balaban J connectivity index is 2.27. The quantitative estimate of drug-likeness (QED) is 0.706. The lowest BCUT2D eigenvalue weighted by molar-refractivity contribution is 0.476. The van der Waals surface area contributed by atoms with Crippen molar-refractivity contribution in [3.05, 3.63) is 48.0 Å². The van der Waals surface area contributed by atoms with Gasteiger partial charge < -0.3 is 9.67 Å². The van der Waals surface area contributed by atoms with E-state index in [4.69, 9.17) is 0 Å². The highest BCUT2D eigenvalue weighted by molar-refractivity contribution is 5.81. The molecule has 18 heavy (non-hydrogen) atoms. The van der Waals surface area contributed by atoms with Gasteiger partial charge in [-0.2, -0.15) is 0 Å². The molecule has 1 aromatic heterocycles. The summed E-state index contributed by atoms with van der Waals surface area (Å²) in [5, 5.41) is 9.50. The predicted octanol–water partition coefficient (Wildman–Crippen LogP) is 3.25. The van der Waals surface area contributed by atoms with Crippen molar-refractivity contribution in [2.75, 3.05) is 0 Å². The summed E-state index contributed by atoms with van der Waals surface area (Å²) in [6.45, 7) is 2.07. The number of rotatable bonds is 1. The van der Waals surface area contributed by atoms with Crippen LogP contribution in [0.2, 0.25) is 0 Å². The fourth-order valence-corrected chi connectivity index (χ4v) is 2.23. The molecular formula is C15H14N2O. The van der Waals surface area contributed by atoms with Crippen LogP contribution < -0.4 is 0 Å². The molecule has 0 unspecified atom stereocenters. The van der Waals surface area contributed by atoms with Crippen molar-refractivity contribution in [3.8, 4) is 17.1 Å². The smallest absolute Gasteiger partial charge is 0.140 e. The van der Waals surface area contributed by atoms with E-state index in [1.807, 2.05) is 29.8 Å². The second kappa shape index (κ2) is 3.88. The summed E-state index contributed by atoms with van der Waals surface area (Å²) in [6, 6.07) is 13.5. The molecular weight excluding hydrogens is 224 g/mol. The minimum atomic E-state index is 0.247. The second-order valence-corrected chi connectivity index (χ2v) is 4.54. The lowest BCUT2D eigenvalue weighted by Crippen LogP contribution is -1.92. The summed E-state index contributed by atoms with van der Waals surface area (Å²) in [5.74, 6) is 1.16. The molecule has 3 nitrogen and oxygen atoms in total. The van der Waals surface area contributed by atoms with Crippen LogP contribution in [0.1, 0.15) is 5.56 Å². The van der Waals surface area contributed by atoms with Gasteiger partial charge in [-0.05, 0) is 25.1 Å². The van der Waals surface area contributed by atoms with E-state index in [2.05, 4.69) is 24.0 Å². The molecule has 0 atom stereocenters. The Hall–Kier alpha value is -2.29. The summed E-state index contributed by atoms with van der Waals surface area (Å²) >= 11 is 0. The third-order valence-electron chi connectivity index (χ3n) is 3.14. The van der Waals surface area contributed by atoms with Crippen LogP contribution in [0.5, 0.6) is 5.75 Å². The van der Waals surface area contributed by atoms with Crippen LogP contribution in [0.3, 0.4) is 0 Å². The number of imidazole rings is 1. The molecule has 1 N–H and O–H groups in total. The largest absolute Gasteiger partial charge is 0.508 e. The van der Waals surface area contributed by atoms with E-state index >= 15 is 0 Å². The van der Waals surface area contributed by atoms with Crippen molar-refractivity contribution in [1.82, 2.24) is 9.55 Å². The molecule has 0 amide bonds. The van der Waals surface area contributed by atoms with Gasteiger partial charge in [0.1, 0.15) is 11.6 Å². The SMILES string of the molecule is Cc1cccc(-c2nc3cc(O)ccc3n2C)c1. The van der Waals surface area contributed by atoms with Crippen molar-refractivity contribution in [3.63, 3.8) is 0 Å². The minimum Gasteiger partial charge on any atom is -0.508 e. The molecule has 0 aliphatic heterocycles. The number of benzene rings is 2. The molecule has 0 bridgehead atoms. The third kappa shape index (κ3) is 1.64. The van der Waals surface area contributed by atoms with Gasteiger partial charge in [-0.1, -0.05) is 23.8 Å². The zero-order valence-corrected chi connectivity index (χ0v) is 10.4. The lowest BCUT2D eigenvalue weighted by Gasteiger charge is -2.03. The molecule has 1 heterocycles. The molecule has 3 rings (SSSR count). The highest BCUT2D eigenvalue weighted by atomic mass is 16.3. The average molecular weight is 238 g/mol. The number of aromatic nitrogens is 2. The van der Waals surface area contributed by atoms with E-state index in [1.54, 1.807) is 12.1 Å². The van der Waals surface area contributed by atoms with Gasteiger partial charge in [-0.15, -0.1) is 0 Å². The molecule has 2 aromatic carbocycles. The lowest BCUT2D eigenvalue weighted by atomic mass is 10.1. The van der Waals surface area contributed by atoms with Gasteiger partial charge in [0.05, 0.1) is 11.0 Å². The Morgan fingerprint density at radius 1 is 1.11 bits per heavy atom. The molecule has 0 radical (unpaired) electrons. The van der Waals surface area contributed by atoms with Crippen LogP contribution >= 0.6 is 0 Å². The van der Waals surface area contributed by atoms with Gasteiger partial charge in [0.2, 0.25) is 0 Å². The maximum atomic E-state index is 9.50. The molecule has 3 heteroatoms. The van der Waals surface area contributed by atoms with E-state index in [9.17, 15) is 5.11 Å². The standard InChI is InChI=1S/C15H14N2O/c1-10-4-3-5-11(8-10)15-16-13-9-12(18)6-7-14(13)17(15)2/h3-9,18H,1-2H3. The fraction of sp³-hybridized carbons (Fsp3) is 0.133. The van der Waals surface area contributed by atoms with E-state index in [1.165, 1.54) is 5.56 Å². The summed E-state index contributed by atoms with van der Waals surface area (Å²) in [4.78, 5) is 4.59. The summed E-state index contributed by atoms with van der Waals surface area (Å²) < 4.78 is 2.05. The van der Waals surface area contributed by atoms with E-state index < -0.39 is 0 Å². The molecule has 0 aliphatic carbocycles. The fourth-order valence-electron chi connectivity index (χ4n) is 2.23. The zero-order chi connectivity index (χ0) is 12.7. The first-order valence-electron chi connectivity index (χ1n) is 5.87. The third-order valence-corrected chi connectivity index (χ3v) is 3.14. The van der Waals surface area contributed by atoms with Gasteiger partial charge in [-0.3, -0.25) is 0 Å². The van der Waals surface area contributed by atoms with Crippen LogP contribution in [-0.4, -0.2) is 14.7 Å².